The highest BCUT2D eigenvalue weighted by Gasteiger charge is 2.07. The average molecular weight is 298 g/mol. The van der Waals surface area contributed by atoms with Gasteiger partial charge in [-0.1, -0.05) is 35.6 Å². The lowest BCUT2D eigenvalue weighted by atomic mass is 10.1. The number of benzene rings is 2. The van der Waals surface area contributed by atoms with Crippen molar-refractivity contribution in [2.75, 3.05) is 5.32 Å². The van der Waals surface area contributed by atoms with Gasteiger partial charge in [0.1, 0.15) is 0 Å². The molecular formula is C16H14N2O2S. The minimum atomic E-state index is -0.822. The summed E-state index contributed by atoms with van der Waals surface area (Å²) in [4.78, 5) is 15.3. The van der Waals surface area contributed by atoms with Gasteiger partial charge in [-0.05, 0) is 36.2 Å². The summed E-state index contributed by atoms with van der Waals surface area (Å²) in [5.41, 5.74) is 3.86. The summed E-state index contributed by atoms with van der Waals surface area (Å²) in [7, 11) is 0. The third-order valence-corrected chi connectivity index (χ3v) is 4.13. The van der Waals surface area contributed by atoms with E-state index >= 15 is 0 Å². The Morgan fingerprint density at radius 1 is 1.29 bits per heavy atom. The van der Waals surface area contributed by atoms with Crippen molar-refractivity contribution in [1.29, 1.82) is 0 Å². The van der Waals surface area contributed by atoms with Crippen molar-refractivity contribution in [2.45, 2.75) is 13.3 Å². The predicted octanol–water partition coefficient (Wildman–Crippen LogP) is 3.98. The van der Waals surface area contributed by atoms with Crippen LogP contribution in [0.2, 0.25) is 0 Å². The molecule has 0 unspecified atom stereocenters. The van der Waals surface area contributed by atoms with E-state index in [0.717, 1.165) is 32.2 Å². The van der Waals surface area contributed by atoms with Gasteiger partial charge in [-0.25, -0.2) is 4.98 Å². The second-order valence-corrected chi connectivity index (χ2v) is 5.86. The van der Waals surface area contributed by atoms with E-state index in [4.69, 9.17) is 5.11 Å². The maximum Gasteiger partial charge on any atom is 0.307 e. The lowest BCUT2D eigenvalue weighted by Crippen LogP contribution is -1.99. The van der Waals surface area contributed by atoms with E-state index < -0.39 is 5.97 Å². The Kier molecular flexibility index (Phi) is 3.58. The lowest BCUT2D eigenvalue weighted by molar-refractivity contribution is -0.136. The van der Waals surface area contributed by atoms with Gasteiger partial charge in [0.2, 0.25) is 0 Å². The van der Waals surface area contributed by atoms with Gasteiger partial charge < -0.3 is 10.4 Å². The fourth-order valence-electron chi connectivity index (χ4n) is 2.14. The minimum absolute atomic E-state index is 0.0361. The van der Waals surface area contributed by atoms with Gasteiger partial charge in [0.25, 0.3) is 0 Å². The van der Waals surface area contributed by atoms with Crippen molar-refractivity contribution in [2.24, 2.45) is 0 Å². The van der Waals surface area contributed by atoms with Gasteiger partial charge in [-0.3, -0.25) is 4.79 Å². The molecule has 0 aliphatic carbocycles. The summed E-state index contributed by atoms with van der Waals surface area (Å²) in [6.45, 7) is 2.04. The maximum absolute atomic E-state index is 10.8. The third-order valence-electron chi connectivity index (χ3n) is 3.19. The second kappa shape index (κ2) is 5.54. The highest BCUT2D eigenvalue weighted by molar-refractivity contribution is 7.22. The molecule has 3 aromatic rings. The molecule has 0 saturated carbocycles. The molecule has 106 valence electrons. The van der Waals surface area contributed by atoms with Crippen LogP contribution >= 0.6 is 11.3 Å². The highest BCUT2D eigenvalue weighted by atomic mass is 32.1. The summed E-state index contributed by atoms with van der Waals surface area (Å²) >= 11 is 1.53. The Balaban J connectivity index is 1.90. The number of anilines is 2. The Labute approximate surface area is 126 Å². The number of aliphatic carboxylic acids is 1. The van der Waals surface area contributed by atoms with Crippen molar-refractivity contribution < 1.29 is 9.90 Å². The lowest BCUT2D eigenvalue weighted by Gasteiger charge is -2.04. The van der Waals surface area contributed by atoms with Crippen molar-refractivity contribution in [3.63, 3.8) is 0 Å². The number of hydrogen-bond acceptors (Lipinski definition) is 4. The Morgan fingerprint density at radius 3 is 2.86 bits per heavy atom. The first-order valence-electron chi connectivity index (χ1n) is 6.56. The molecule has 4 nitrogen and oxygen atoms in total. The first-order chi connectivity index (χ1) is 10.1. The molecule has 5 heteroatoms. The van der Waals surface area contributed by atoms with Crippen LogP contribution in [0.3, 0.4) is 0 Å². The van der Waals surface area contributed by atoms with Crippen molar-refractivity contribution in [1.82, 2.24) is 4.98 Å². The van der Waals surface area contributed by atoms with Gasteiger partial charge in [0, 0.05) is 5.69 Å². The van der Waals surface area contributed by atoms with E-state index in [-0.39, 0.29) is 6.42 Å². The third kappa shape index (κ3) is 3.03. The van der Waals surface area contributed by atoms with Gasteiger partial charge in [-0.2, -0.15) is 0 Å². The summed E-state index contributed by atoms with van der Waals surface area (Å²) < 4.78 is 0.991. The molecule has 0 bridgehead atoms. The largest absolute Gasteiger partial charge is 0.481 e. The van der Waals surface area contributed by atoms with Gasteiger partial charge in [-0.15, -0.1) is 0 Å². The van der Waals surface area contributed by atoms with Gasteiger partial charge in [0.05, 0.1) is 16.6 Å². The maximum atomic E-state index is 10.8. The SMILES string of the molecule is Cc1ccccc1Nc1nc2ccc(CC(=O)O)cc2s1. The zero-order valence-corrected chi connectivity index (χ0v) is 12.3. The van der Waals surface area contributed by atoms with E-state index in [1.165, 1.54) is 11.3 Å². The zero-order valence-electron chi connectivity index (χ0n) is 11.5. The molecule has 0 amide bonds. The van der Waals surface area contributed by atoms with Crippen LogP contribution in [0.5, 0.6) is 0 Å². The minimum Gasteiger partial charge on any atom is -0.481 e. The molecule has 1 heterocycles. The molecule has 2 N–H and O–H groups in total. The molecule has 0 saturated heterocycles. The Morgan fingerprint density at radius 2 is 2.10 bits per heavy atom. The standard InChI is InChI=1S/C16H14N2O2S/c1-10-4-2-3-5-12(10)17-16-18-13-7-6-11(9-15(19)20)8-14(13)21-16/h2-8H,9H2,1H3,(H,17,18)(H,19,20). The van der Waals surface area contributed by atoms with Crippen molar-refractivity contribution in [3.8, 4) is 0 Å². The molecule has 1 aromatic heterocycles. The van der Waals surface area contributed by atoms with E-state index in [1.807, 2.05) is 49.4 Å². The number of aryl methyl sites for hydroxylation is 1. The van der Waals surface area contributed by atoms with Gasteiger partial charge >= 0.3 is 5.97 Å². The van der Waals surface area contributed by atoms with E-state index in [2.05, 4.69) is 10.3 Å². The monoisotopic (exact) mass is 298 g/mol. The first-order valence-corrected chi connectivity index (χ1v) is 7.37. The molecule has 0 radical (unpaired) electrons. The average Bonchev–Trinajstić information content (AvgIpc) is 2.82. The Hall–Kier alpha value is -2.40. The van der Waals surface area contributed by atoms with Crippen molar-refractivity contribution >= 4 is 38.3 Å². The van der Waals surface area contributed by atoms with E-state index in [1.54, 1.807) is 0 Å². The normalized spacial score (nSPS) is 10.7. The molecule has 3 rings (SSSR count). The summed E-state index contributed by atoms with van der Waals surface area (Å²) in [5, 5.41) is 13.0. The van der Waals surface area contributed by atoms with Crippen LogP contribution in [0, 0.1) is 6.92 Å². The quantitative estimate of drug-likeness (QED) is 0.765. The molecule has 0 fully saturated rings. The number of para-hydroxylation sites is 1. The number of carbonyl (C=O) groups is 1. The fraction of sp³-hybridized carbons (Fsp3) is 0.125. The number of aromatic nitrogens is 1. The molecular weight excluding hydrogens is 284 g/mol. The van der Waals surface area contributed by atoms with Crippen LogP contribution in [-0.2, 0) is 11.2 Å². The summed E-state index contributed by atoms with van der Waals surface area (Å²) in [5.74, 6) is -0.822. The van der Waals surface area contributed by atoms with Crippen LogP contribution in [0.25, 0.3) is 10.2 Å². The number of nitrogens with zero attached hydrogens (tertiary/aromatic N) is 1. The number of fused-ring (bicyclic) bond motifs is 1. The summed E-state index contributed by atoms with van der Waals surface area (Å²) in [6.07, 6.45) is 0.0361. The first kappa shape index (κ1) is 13.6. The molecule has 0 spiro atoms. The summed E-state index contributed by atoms with van der Waals surface area (Å²) in [6, 6.07) is 13.6. The second-order valence-electron chi connectivity index (χ2n) is 4.83. The van der Waals surface area contributed by atoms with Crippen molar-refractivity contribution in [3.05, 3.63) is 53.6 Å². The number of thiazole rings is 1. The molecule has 0 atom stereocenters. The number of carboxylic acids is 1. The van der Waals surface area contributed by atoms with Crippen LogP contribution in [0.15, 0.2) is 42.5 Å². The van der Waals surface area contributed by atoms with Crippen LogP contribution in [0.1, 0.15) is 11.1 Å². The Bertz CT molecular complexity index is 811. The zero-order chi connectivity index (χ0) is 14.8. The van der Waals surface area contributed by atoms with Crippen LogP contribution in [-0.4, -0.2) is 16.1 Å². The number of nitrogens with one attached hydrogen (secondary N) is 1. The fourth-order valence-corrected chi connectivity index (χ4v) is 3.08. The van der Waals surface area contributed by atoms with E-state index in [0.29, 0.717) is 0 Å². The molecule has 2 aromatic carbocycles. The molecule has 21 heavy (non-hydrogen) atoms. The molecule has 0 aliphatic heterocycles. The highest BCUT2D eigenvalue weighted by Crippen LogP contribution is 2.30. The molecule has 0 aliphatic rings. The van der Waals surface area contributed by atoms with Crippen LogP contribution < -0.4 is 5.32 Å². The van der Waals surface area contributed by atoms with Crippen LogP contribution in [0.4, 0.5) is 10.8 Å². The smallest absolute Gasteiger partial charge is 0.307 e. The predicted molar refractivity (Wildman–Crippen MR) is 85.4 cm³/mol. The van der Waals surface area contributed by atoms with Gasteiger partial charge in [0.15, 0.2) is 5.13 Å². The number of carboxylic acid groups (broad SMARTS) is 1. The number of hydrogen-bond donors (Lipinski definition) is 2. The topological polar surface area (TPSA) is 62.2 Å². The van der Waals surface area contributed by atoms with E-state index in [9.17, 15) is 4.79 Å². The number of rotatable bonds is 4.